The lowest BCUT2D eigenvalue weighted by Gasteiger charge is -2.11. The molecule has 3 rings (SSSR count). The van der Waals surface area contributed by atoms with Crippen molar-refractivity contribution in [3.8, 4) is 5.69 Å². The van der Waals surface area contributed by atoms with Gasteiger partial charge in [-0.25, -0.2) is 0 Å². The van der Waals surface area contributed by atoms with Crippen LogP contribution in [0.2, 0.25) is 5.02 Å². The van der Waals surface area contributed by atoms with Gasteiger partial charge < -0.3 is 10.4 Å². The van der Waals surface area contributed by atoms with Crippen molar-refractivity contribution in [3.63, 3.8) is 0 Å². The van der Waals surface area contributed by atoms with E-state index in [1.165, 1.54) is 11.8 Å². The Morgan fingerprint density at radius 3 is 2.84 bits per heavy atom. The fourth-order valence-electron chi connectivity index (χ4n) is 2.30. The van der Waals surface area contributed by atoms with Gasteiger partial charge in [-0.15, -0.1) is 10.2 Å². The Bertz CT molecular complexity index is 819. The molecule has 0 unspecified atom stereocenters. The first-order valence-electron chi connectivity index (χ1n) is 7.71. The predicted molar refractivity (Wildman–Crippen MR) is 94.1 cm³/mol. The minimum Gasteiger partial charge on any atom is -0.481 e. The molecule has 1 aromatic carbocycles. The summed E-state index contributed by atoms with van der Waals surface area (Å²) in [6.07, 6.45) is 2.78. The highest BCUT2D eigenvalue weighted by molar-refractivity contribution is 7.99. The fourth-order valence-corrected chi connectivity index (χ4v) is 3.23. The van der Waals surface area contributed by atoms with Crippen molar-refractivity contribution in [2.45, 2.75) is 24.9 Å². The second-order valence-corrected chi connectivity index (χ2v) is 7.42. The summed E-state index contributed by atoms with van der Waals surface area (Å²) in [5.41, 5.74) is 1.02. The smallest absolute Gasteiger partial charge is 0.311 e. The summed E-state index contributed by atoms with van der Waals surface area (Å²) in [5, 5.41) is 20.9. The van der Waals surface area contributed by atoms with E-state index < -0.39 is 11.4 Å². The van der Waals surface area contributed by atoms with Gasteiger partial charge in [-0.2, -0.15) is 0 Å². The molecule has 2 aromatic rings. The van der Waals surface area contributed by atoms with E-state index in [4.69, 9.17) is 16.7 Å². The monoisotopic (exact) mass is 380 g/mol. The van der Waals surface area contributed by atoms with Crippen molar-refractivity contribution < 1.29 is 14.7 Å². The highest BCUT2D eigenvalue weighted by Crippen LogP contribution is 2.45. The summed E-state index contributed by atoms with van der Waals surface area (Å²) < 4.78 is 1.75. The van der Waals surface area contributed by atoms with E-state index in [2.05, 4.69) is 15.5 Å². The summed E-state index contributed by atoms with van der Waals surface area (Å²) in [6, 6.07) is 5.62. The van der Waals surface area contributed by atoms with Gasteiger partial charge in [0, 0.05) is 11.6 Å². The minimum absolute atomic E-state index is 0.133. The zero-order valence-electron chi connectivity index (χ0n) is 13.5. The third-order valence-electron chi connectivity index (χ3n) is 4.21. The number of aryl methyl sites for hydroxylation is 1. The van der Waals surface area contributed by atoms with E-state index in [9.17, 15) is 9.59 Å². The Morgan fingerprint density at radius 2 is 2.20 bits per heavy atom. The van der Waals surface area contributed by atoms with Crippen LogP contribution in [0.1, 0.15) is 18.4 Å². The largest absolute Gasteiger partial charge is 0.481 e. The van der Waals surface area contributed by atoms with Gasteiger partial charge in [0.2, 0.25) is 5.91 Å². The number of aliphatic carboxylic acids is 1. The Labute approximate surface area is 153 Å². The molecule has 0 aliphatic heterocycles. The van der Waals surface area contributed by atoms with Crippen LogP contribution >= 0.6 is 23.4 Å². The molecule has 1 amide bonds. The zero-order valence-corrected chi connectivity index (χ0v) is 15.1. The lowest BCUT2D eigenvalue weighted by molar-refractivity contribution is -0.143. The van der Waals surface area contributed by atoms with Crippen molar-refractivity contribution in [2.75, 3.05) is 12.3 Å². The number of thioether (sulfide) groups is 1. The van der Waals surface area contributed by atoms with Crippen molar-refractivity contribution in [2.24, 2.45) is 5.41 Å². The van der Waals surface area contributed by atoms with E-state index in [0.29, 0.717) is 23.0 Å². The number of rotatable bonds is 7. The molecule has 0 radical (unpaired) electrons. The number of aromatic nitrogens is 3. The average molecular weight is 381 g/mol. The van der Waals surface area contributed by atoms with Gasteiger partial charge in [-0.1, -0.05) is 29.4 Å². The highest BCUT2D eigenvalue weighted by Gasteiger charge is 2.50. The minimum atomic E-state index is -0.851. The molecule has 0 spiro atoms. The summed E-state index contributed by atoms with van der Waals surface area (Å²) in [4.78, 5) is 23.1. The molecule has 1 aliphatic rings. The molecule has 2 N–H and O–H groups in total. The topological polar surface area (TPSA) is 97.1 Å². The number of carboxylic acids is 1. The van der Waals surface area contributed by atoms with Crippen molar-refractivity contribution in [1.82, 2.24) is 20.1 Å². The molecular weight excluding hydrogens is 364 g/mol. The summed E-state index contributed by atoms with van der Waals surface area (Å²) >= 11 is 7.39. The summed E-state index contributed by atoms with van der Waals surface area (Å²) in [7, 11) is 0. The Hall–Kier alpha value is -2.06. The zero-order chi connectivity index (χ0) is 18.0. The highest BCUT2D eigenvalue weighted by atomic mass is 35.5. The quantitative estimate of drug-likeness (QED) is 0.715. The van der Waals surface area contributed by atoms with E-state index >= 15 is 0 Å². The van der Waals surface area contributed by atoms with Crippen LogP contribution in [0.4, 0.5) is 0 Å². The van der Waals surface area contributed by atoms with E-state index in [0.717, 1.165) is 11.3 Å². The first kappa shape index (κ1) is 17.8. The number of nitrogens with one attached hydrogen (secondary N) is 1. The number of nitrogens with zero attached hydrogens (tertiary/aromatic N) is 3. The molecule has 0 saturated heterocycles. The van der Waals surface area contributed by atoms with E-state index in [1.807, 2.05) is 25.1 Å². The SMILES string of the molecule is Cc1ccc(-n2cnnc2SCC(=O)NCC2(C(=O)O)CC2)cc1Cl. The van der Waals surface area contributed by atoms with Gasteiger partial charge in [0.1, 0.15) is 6.33 Å². The lowest BCUT2D eigenvalue weighted by Crippen LogP contribution is -2.35. The molecule has 0 bridgehead atoms. The van der Waals surface area contributed by atoms with Crippen molar-refractivity contribution in [1.29, 1.82) is 0 Å². The summed E-state index contributed by atoms with van der Waals surface area (Å²) in [5.74, 6) is -0.945. The van der Waals surface area contributed by atoms with Gasteiger partial charge in [0.15, 0.2) is 5.16 Å². The van der Waals surface area contributed by atoms with Gasteiger partial charge in [-0.05, 0) is 37.5 Å². The number of halogens is 1. The number of carboxylic acid groups (broad SMARTS) is 1. The first-order chi connectivity index (χ1) is 11.9. The number of carbonyl (C=O) groups excluding carboxylic acids is 1. The number of carbonyl (C=O) groups is 2. The maximum atomic E-state index is 12.0. The van der Waals surface area contributed by atoms with Crippen LogP contribution in [0.3, 0.4) is 0 Å². The maximum absolute atomic E-state index is 12.0. The normalized spacial score (nSPS) is 15.0. The number of hydrogen-bond donors (Lipinski definition) is 2. The van der Waals surface area contributed by atoms with Crippen molar-refractivity contribution in [3.05, 3.63) is 35.1 Å². The van der Waals surface area contributed by atoms with Crippen LogP contribution in [0.15, 0.2) is 29.7 Å². The third-order valence-corrected chi connectivity index (χ3v) is 5.56. The number of amides is 1. The van der Waals surface area contributed by atoms with Crippen LogP contribution in [0.5, 0.6) is 0 Å². The Balaban J connectivity index is 1.59. The van der Waals surface area contributed by atoms with Gasteiger partial charge in [-0.3, -0.25) is 14.2 Å². The molecule has 1 fully saturated rings. The van der Waals surface area contributed by atoms with E-state index in [-0.39, 0.29) is 18.2 Å². The summed E-state index contributed by atoms with van der Waals surface area (Å²) in [6.45, 7) is 2.09. The van der Waals surface area contributed by atoms with E-state index in [1.54, 1.807) is 10.9 Å². The van der Waals surface area contributed by atoms with Crippen molar-refractivity contribution >= 4 is 35.2 Å². The molecule has 1 heterocycles. The van der Waals surface area contributed by atoms with Crippen LogP contribution < -0.4 is 5.32 Å². The average Bonchev–Trinajstić information content (AvgIpc) is 3.24. The second kappa shape index (κ2) is 7.05. The van der Waals surface area contributed by atoms with Crippen LogP contribution in [0.25, 0.3) is 5.69 Å². The standard InChI is InChI=1S/C16H17ClN4O3S/c1-10-2-3-11(6-12(10)17)21-9-19-20-15(21)25-7-13(22)18-8-16(4-5-16)14(23)24/h2-3,6,9H,4-5,7-8H2,1H3,(H,18,22)(H,23,24). The van der Waals surface area contributed by atoms with Crippen LogP contribution in [-0.4, -0.2) is 44.0 Å². The van der Waals surface area contributed by atoms with Crippen LogP contribution in [-0.2, 0) is 9.59 Å². The fraction of sp³-hybridized carbons (Fsp3) is 0.375. The molecule has 0 atom stereocenters. The van der Waals surface area contributed by atoms with Gasteiger partial charge >= 0.3 is 5.97 Å². The number of hydrogen-bond acceptors (Lipinski definition) is 5. The Kier molecular flexibility index (Phi) is 5.01. The number of benzene rings is 1. The molecule has 25 heavy (non-hydrogen) atoms. The maximum Gasteiger partial charge on any atom is 0.311 e. The molecule has 9 heteroatoms. The molecule has 132 valence electrons. The lowest BCUT2D eigenvalue weighted by atomic mass is 10.1. The first-order valence-corrected chi connectivity index (χ1v) is 9.07. The third kappa shape index (κ3) is 3.96. The second-order valence-electron chi connectivity index (χ2n) is 6.07. The van der Waals surface area contributed by atoms with Gasteiger partial charge in [0.25, 0.3) is 0 Å². The molecule has 7 nitrogen and oxygen atoms in total. The van der Waals surface area contributed by atoms with Crippen LogP contribution in [0, 0.1) is 12.3 Å². The predicted octanol–water partition coefficient (Wildman–Crippen LogP) is 2.30. The van der Waals surface area contributed by atoms with Gasteiger partial charge in [0.05, 0.1) is 16.9 Å². The molecule has 1 saturated carbocycles. The molecule has 1 aromatic heterocycles. The molecular formula is C16H17ClN4O3S. The molecule has 1 aliphatic carbocycles. The Morgan fingerprint density at radius 1 is 1.44 bits per heavy atom.